The van der Waals surface area contributed by atoms with Gasteiger partial charge in [-0.2, -0.15) is 5.10 Å². The van der Waals surface area contributed by atoms with Gasteiger partial charge < -0.3 is 11.1 Å². The zero-order chi connectivity index (χ0) is 17.1. The van der Waals surface area contributed by atoms with Gasteiger partial charge in [-0.15, -0.1) is 11.3 Å². The van der Waals surface area contributed by atoms with Crippen molar-refractivity contribution in [2.75, 3.05) is 5.32 Å². The Kier molecular flexibility index (Phi) is 4.39. The van der Waals surface area contributed by atoms with Gasteiger partial charge >= 0.3 is 0 Å². The highest BCUT2D eigenvalue weighted by Crippen LogP contribution is 2.20. The highest BCUT2D eigenvalue weighted by molar-refractivity contribution is 7.09. The number of carbonyl (C=O) groups is 2. The van der Waals surface area contributed by atoms with E-state index in [1.165, 1.54) is 22.1 Å². The number of nitrogens with zero attached hydrogens (tertiary/aromatic N) is 3. The lowest BCUT2D eigenvalue weighted by Gasteiger charge is -2.10. The minimum Gasteiger partial charge on any atom is -0.364 e. The van der Waals surface area contributed by atoms with Gasteiger partial charge in [0.1, 0.15) is 5.69 Å². The first-order valence-corrected chi connectivity index (χ1v) is 8.06. The second kappa shape index (κ2) is 6.63. The quantitative estimate of drug-likeness (QED) is 0.740. The molecule has 0 unspecified atom stereocenters. The number of thiazole rings is 1. The van der Waals surface area contributed by atoms with Crippen molar-refractivity contribution in [3.8, 4) is 5.69 Å². The van der Waals surface area contributed by atoms with E-state index in [4.69, 9.17) is 5.73 Å². The van der Waals surface area contributed by atoms with E-state index in [0.29, 0.717) is 11.4 Å². The number of para-hydroxylation sites is 2. The van der Waals surface area contributed by atoms with Crippen molar-refractivity contribution in [3.05, 3.63) is 58.3 Å². The van der Waals surface area contributed by atoms with E-state index in [1.807, 2.05) is 24.4 Å². The fourth-order valence-electron chi connectivity index (χ4n) is 2.22. The maximum Gasteiger partial charge on any atom is 0.269 e. The van der Waals surface area contributed by atoms with Crippen molar-refractivity contribution in [3.63, 3.8) is 0 Å². The molecular weight excluding hydrogens is 326 g/mol. The molecule has 0 radical (unpaired) electrons. The summed E-state index contributed by atoms with van der Waals surface area (Å²) >= 11 is 1.51. The molecule has 7 nitrogen and oxygen atoms in total. The third-order valence-corrected chi connectivity index (χ3v) is 4.10. The van der Waals surface area contributed by atoms with Crippen molar-refractivity contribution >= 4 is 28.8 Å². The Morgan fingerprint density at radius 2 is 2.08 bits per heavy atom. The van der Waals surface area contributed by atoms with Crippen LogP contribution in [0.15, 0.2) is 41.9 Å². The van der Waals surface area contributed by atoms with Crippen LogP contribution in [0.25, 0.3) is 5.69 Å². The number of hydrogen-bond acceptors (Lipinski definition) is 5. The Morgan fingerprint density at radius 3 is 2.75 bits per heavy atom. The summed E-state index contributed by atoms with van der Waals surface area (Å²) in [4.78, 5) is 27.7. The lowest BCUT2D eigenvalue weighted by Crippen LogP contribution is -2.16. The predicted octanol–water partition coefficient (Wildman–Crippen LogP) is 1.92. The number of carbonyl (C=O) groups excluding carboxylic acids is 2. The lowest BCUT2D eigenvalue weighted by molar-refractivity contribution is -0.115. The Labute approximate surface area is 142 Å². The molecule has 0 atom stereocenters. The number of nitrogens with two attached hydrogens (primary N) is 1. The second-order valence-electron chi connectivity index (χ2n) is 5.11. The average molecular weight is 341 g/mol. The van der Waals surface area contributed by atoms with Gasteiger partial charge in [-0.3, -0.25) is 9.59 Å². The molecule has 0 aliphatic rings. The number of amides is 2. The minimum atomic E-state index is -0.603. The Hall–Kier alpha value is -3.00. The molecule has 3 N–H and O–H groups in total. The normalized spacial score (nSPS) is 10.5. The summed E-state index contributed by atoms with van der Waals surface area (Å²) in [6.45, 7) is 1.90. The number of aryl methyl sites for hydroxylation is 1. The molecule has 24 heavy (non-hydrogen) atoms. The zero-order valence-corrected chi connectivity index (χ0v) is 13.7. The summed E-state index contributed by atoms with van der Waals surface area (Å²) in [6.07, 6.45) is 1.82. The number of benzene rings is 1. The van der Waals surface area contributed by atoms with E-state index in [-0.39, 0.29) is 18.0 Å². The van der Waals surface area contributed by atoms with E-state index in [2.05, 4.69) is 15.4 Å². The van der Waals surface area contributed by atoms with Crippen molar-refractivity contribution in [2.24, 2.45) is 5.73 Å². The van der Waals surface area contributed by atoms with Crippen LogP contribution in [0.2, 0.25) is 0 Å². The summed E-state index contributed by atoms with van der Waals surface area (Å²) in [5, 5.41) is 9.76. The third kappa shape index (κ3) is 3.49. The standard InChI is InChI=1S/C16H15N5O2S/c1-10-18-11(9-24-10)8-15(22)19-12-4-2-3-5-14(12)21-7-6-13(20-21)16(17)23/h2-7,9H,8H2,1H3,(H2,17,23)(H,19,22). The number of anilines is 1. The number of rotatable bonds is 5. The monoisotopic (exact) mass is 341 g/mol. The Bertz CT molecular complexity index is 899. The highest BCUT2D eigenvalue weighted by atomic mass is 32.1. The molecule has 3 aromatic rings. The van der Waals surface area contributed by atoms with Gasteiger partial charge in [-0.25, -0.2) is 9.67 Å². The van der Waals surface area contributed by atoms with Crippen LogP contribution in [-0.4, -0.2) is 26.6 Å². The molecule has 0 aliphatic carbocycles. The Balaban J connectivity index is 1.80. The highest BCUT2D eigenvalue weighted by Gasteiger charge is 2.12. The third-order valence-electron chi connectivity index (χ3n) is 3.27. The Morgan fingerprint density at radius 1 is 1.29 bits per heavy atom. The topological polar surface area (TPSA) is 103 Å². The van der Waals surface area contributed by atoms with Crippen molar-refractivity contribution in [1.82, 2.24) is 14.8 Å². The summed E-state index contributed by atoms with van der Waals surface area (Å²) in [7, 11) is 0. The number of primary amides is 1. The summed E-state index contributed by atoms with van der Waals surface area (Å²) in [6, 6.07) is 8.72. The van der Waals surface area contributed by atoms with Gasteiger partial charge in [0, 0.05) is 11.6 Å². The molecule has 122 valence electrons. The second-order valence-corrected chi connectivity index (χ2v) is 6.17. The maximum atomic E-state index is 12.2. The number of hydrogen-bond donors (Lipinski definition) is 2. The fourth-order valence-corrected chi connectivity index (χ4v) is 2.83. The van der Waals surface area contributed by atoms with Gasteiger partial charge in [0.2, 0.25) is 5.91 Å². The van der Waals surface area contributed by atoms with E-state index in [1.54, 1.807) is 18.3 Å². The minimum absolute atomic E-state index is 0.161. The van der Waals surface area contributed by atoms with E-state index < -0.39 is 5.91 Å². The number of nitrogens with one attached hydrogen (secondary N) is 1. The molecule has 1 aromatic carbocycles. The van der Waals surface area contributed by atoms with Crippen LogP contribution in [0, 0.1) is 6.92 Å². The largest absolute Gasteiger partial charge is 0.364 e. The molecule has 0 spiro atoms. The average Bonchev–Trinajstić information content (AvgIpc) is 3.17. The molecule has 0 bridgehead atoms. The van der Waals surface area contributed by atoms with Crippen LogP contribution in [-0.2, 0) is 11.2 Å². The molecular formula is C16H15N5O2S. The summed E-state index contributed by atoms with van der Waals surface area (Å²) in [5.74, 6) is -0.774. The SMILES string of the molecule is Cc1nc(CC(=O)Nc2ccccc2-n2ccc(C(N)=O)n2)cs1. The van der Waals surface area contributed by atoms with Crippen LogP contribution in [0.5, 0.6) is 0 Å². The van der Waals surface area contributed by atoms with Crippen molar-refractivity contribution < 1.29 is 9.59 Å². The van der Waals surface area contributed by atoms with Crippen molar-refractivity contribution in [1.29, 1.82) is 0 Å². The van der Waals surface area contributed by atoms with Crippen LogP contribution >= 0.6 is 11.3 Å². The predicted molar refractivity (Wildman–Crippen MR) is 91.3 cm³/mol. The molecule has 2 heterocycles. The maximum absolute atomic E-state index is 12.2. The molecule has 0 fully saturated rings. The fraction of sp³-hybridized carbons (Fsp3) is 0.125. The van der Waals surface area contributed by atoms with Gasteiger partial charge in [0.15, 0.2) is 0 Å². The van der Waals surface area contributed by atoms with Crippen LogP contribution in [0.4, 0.5) is 5.69 Å². The molecule has 2 aromatic heterocycles. The van der Waals surface area contributed by atoms with Gasteiger partial charge in [-0.05, 0) is 25.1 Å². The molecule has 0 aliphatic heterocycles. The lowest BCUT2D eigenvalue weighted by atomic mass is 10.2. The van der Waals surface area contributed by atoms with Crippen LogP contribution in [0.3, 0.4) is 0 Å². The van der Waals surface area contributed by atoms with Gasteiger partial charge in [-0.1, -0.05) is 12.1 Å². The number of aromatic nitrogens is 3. The first kappa shape index (κ1) is 15.9. The van der Waals surface area contributed by atoms with E-state index >= 15 is 0 Å². The van der Waals surface area contributed by atoms with Gasteiger partial charge in [0.25, 0.3) is 5.91 Å². The molecule has 8 heteroatoms. The molecule has 0 saturated carbocycles. The van der Waals surface area contributed by atoms with E-state index in [9.17, 15) is 9.59 Å². The van der Waals surface area contributed by atoms with Crippen molar-refractivity contribution in [2.45, 2.75) is 13.3 Å². The first-order chi connectivity index (χ1) is 11.5. The summed E-state index contributed by atoms with van der Waals surface area (Å²) in [5.41, 5.74) is 7.36. The molecule has 0 saturated heterocycles. The summed E-state index contributed by atoms with van der Waals surface area (Å²) < 4.78 is 1.50. The first-order valence-electron chi connectivity index (χ1n) is 7.18. The molecule has 2 amide bonds. The molecule has 3 rings (SSSR count). The zero-order valence-electron chi connectivity index (χ0n) is 12.9. The van der Waals surface area contributed by atoms with E-state index in [0.717, 1.165) is 10.7 Å². The van der Waals surface area contributed by atoms with Crippen LogP contribution < -0.4 is 11.1 Å². The van der Waals surface area contributed by atoms with Crippen LogP contribution in [0.1, 0.15) is 21.2 Å². The smallest absolute Gasteiger partial charge is 0.269 e. The van der Waals surface area contributed by atoms with Gasteiger partial charge in [0.05, 0.1) is 28.5 Å².